The number of benzene rings is 3. The van der Waals surface area contributed by atoms with Crippen LogP contribution in [0.2, 0.25) is 0 Å². The second-order valence-corrected chi connectivity index (χ2v) is 9.21. The van der Waals surface area contributed by atoms with Gasteiger partial charge in [-0.05, 0) is 59.5 Å². The quantitative estimate of drug-likeness (QED) is 0.400. The zero-order valence-corrected chi connectivity index (χ0v) is 19.7. The van der Waals surface area contributed by atoms with Crippen LogP contribution in [0.1, 0.15) is 52.6 Å². The van der Waals surface area contributed by atoms with E-state index in [4.69, 9.17) is 0 Å². The Kier molecular flexibility index (Phi) is 6.17. The number of nitrogens with one attached hydrogen (secondary N) is 1. The number of nitrogens with zero attached hydrogens (tertiary/aromatic N) is 3. The van der Waals surface area contributed by atoms with Crippen LogP contribution in [0, 0.1) is 0 Å². The van der Waals surface area contributed by atoms with Crippen molar-refractivity contribution in [2.45, 2.75) is 39.3 Å². The molecule has 5 rings (SSSR count). The number of carbonyl (C=O) groups excluding carboxylic acids is 1. The molecule has 5 nitrogen and oxygen atoms in total. The second-order valence-electron chi connectivity index (χ2n) is 9.21. The lowest BCUT2D eigenvalue weighted by Crippen LogP contribution is -2.30. The molecule has 1 aliphatic rings. The van der Waals surface area contributed by atoms with Crippen LogP contribution in [-0.4, -0.2) is 22.0 Å². The number of fused-ring (bicyclic) bond motifs is 1. The summed E-state index contributed by atoms with van der Waals surface area (Å²) in [6, 6.07) is 24.6. The first-order valence-corrected chi connectivity index (χ1v) is 11.9. The SMILES string of the molecule is CC(C)c1nccn1Cc1cccc(NC(=O)c2ccc(N3CCc4ccccc4C3)cc2)c1. The minimum atomic E-state index is -0.0989. The van der Waals surface area contributed by atoms with E-state index in [1.807, 2.05) is 54.9 Å². The first-order chi connectivity index (χ1) is 16.6. The summed E-state index contributed by atoms with van der Waals surface area (Å²) in [5.74, 6) is 1.32. The highest BCUT2D eigenvalue weighted by Crippen LogP contribution is 2.25. The first-order valence-electron chi connectivity index (χ1n) is 11.9. The van der Waals surface area contributed by atoms with Crippen LogP contribution < -0.4 is 10.2 Å². The Morgan fingerprint density at radius 1 is 1.00 bits per heavy atom. The molecule has 1 aliphatic heterocycles. The van der Waals surface area contributed by atoms with E-state index in [1.165, 1.54) is 11.1 Å². The van der Waals surface area contributed by atoms with Crippen molar-refractivity contribution in [3.63, 3.8) is 0 Å². The molecule has 1 amide bonds. The second kappa shape index (κ2) is 9.56. The number of imidazole rings is 1. The normalized spacial score (nSPS) is 13.1. The van der Waals surface area contributed by atoms with E-state index in [9.17, 15) is 4.79 Å². The van der Waals surface area contributed by atoms with Crippen molar-refractivity contribution in [1.82, 2.24) is 9.55 Å². The molecule has 172 valence electrons. The lowest BCUT2D eigenvalue weighted by Gasteiger charge is -2.30. The van der Waals surface area contributed by atoms with Crippen LogP contribution in [0.3, 0.4) is 0 Å². The molecule has 0 aliphatic carbocycles. The van der Waals surface area contributed by atoms with Crippen molar-refractivity contribution in [3.8, 4) is 0 Å². The van der Waals surface area contributed by atoms with E-state index in [0.29, 0.717) is 11.5 Å². The van der Waals surface area contributed by atoms with E-state index in [1.54, 1.807) is 0 Å². The highest BCUT2D eigenvalue weighted by Gasteiger charge is 2.16. The van der Waals surface area contributed by atoms with Crippen molar-refractivity contribution in [3.05, 3.63) is 113 Å². The average Bonchev–Trinajstić information content (AvgIpc) is 3.32. The standard InChI is InChI=1S/C29H30N4O/c1-21(2)28-30-15-17-33(28)19-22-6-5-9-26(18-22)31-29(34)24-10-12-27(13-11-24)32-16-14-23-7-3-4-8-25(23)20-32/h3-13,15,17-18,21H,14,16,19-20H2,1-2H3,(H,31,34). The summed E-state index contributed by atoms with van der Waals surface area (Å²) in [5, 5.41) is 3.05. The lowest BCUT2D eigenvalue weighted by molar-refractivity contribution is 0.102. The molecular weight excluding hydrogens is 420 g/mol. The Morgan fingerprint density at radius 3 is 2.59 bits per heavy atom. The van der Waals surface area contributed by atoms with Crippen molar-refractivity contribution in [2.24, 2.45) is 0 Å². The molecular formula is C29H30N4O. The third-order valence-electron chi connectivity index (χ3n) is 6.43. The number of carbonyl (C=O) groups is 1. The first kappa shape index (κ1) is 22.0. The summed E-state index contributed by atoms with van der Waals surface area (Å²) < 4.78 is 2.16. The number of hydrogen-bond acceptors (Lipinski definition) is 3. The molecule has 1 aromatic heterocycles. The average molecular weight is 451 g/mol. The van der Waals surface area contributed by atoms with Gasteiger partial charge in [-0.2, -0.15) is 0 Å². The molecule has 0 unspecified atom stereocenters. The largest absolute Gasteiger partial charge is 0.367 e. The number of hydrogen-bond donors (Lipinski definition) is 1. The zero-order valence-electron chi connectivity index (χ0n) is 19.7. The molecule has 0 bridgehead atoms. The minimum Gasteiger partial charge on any atom is -0.367 e. The van der Waals surface area contributed by atoms with Gasteiger partial charge in [-0.15, -0.1) is 0 Å². The molecule has 0 atom stereocenters. The van der Waals surface area contributed by atoms with Gasteiger partial charge in [-0.3, -0.25) is 4.79 Å². The Morgan fingerprint density at radius 2 is 1.79 bits per heavy atom. The zero-order chi connectivity index (χ0) is 23.5. The van der Waals surface area contributed by atoms with Crippen LogP contribution in [0.15, 0.2) is 85.2 Å². The minimum absolute atomic E-state index is 0.0989. The summed E-state index contributed by atoms with van der Waals surface area (Å²) >= 11 is 0. The Bertz CT molecular complexity index is 1290. The molecule has 0 saturated carbocycles. The predicted octanol–water partition coefficient (Wildman–Crippen LogP) is 5.87. The number of anilines is 2. The van der Waals surface area contributed by atoms with Gasteiger partial charge in [0, 0.05) is 54.9 Å². The summed E-state index contributed by atoms with van der Waals surface area (Å²) in [6.45, 7) is 6.91. The van der Waals surface area contributed by atoms with E-state index >= 15 is 0 Å². The van der Waals surface area contributed by atoms with E-state index in [-0.39, 0.29) is 5.91 Å². The molecule has 0 spiro atoms. The molecule has 5 heteroatoms. The van der Waals surface area contributed by atoms with Crippen LogP contribution in [0.25, 0.3) is 0 Å². The van der Waals surface area contributed by atoms with E-state index in [0.717, 1.165) is 48.8 Å². The van der Waals surface area contributed by atoms with Crippen molar-refractivity contribution in [2.75, 3.05) is 16.8 Å². The smallest absolute Gasteiger partial charge is 0.255 e. The molecule has 0 fully saturated rings. The van der Waals surface area contributed by atoms with E-state index in [2.05, 4.69) is 63.9 Å². The van der Waals surface area contributed by atoms with Crippen LogP contribution in [0.4, 0.5) is 11.4 Å². The summed E-state index contributed by atoms with van der Waals surface area (Å²) in [5.41, 5.74) is 6.54. The van der Waals surface area contributed by atoms with Gasteiger partial charge in [0.15, 0.2) is 0 Å². The lowest BCUT2D eigenvalue weighted by atomic mass is 9.99. The Balaban J connectivity index is 1.24. The molecule has 0 radical (unpaired) electrons. The van der Waals surface area contributed by atoms with Gasteiger partial charge in [0.25, 0.3) is 5.91 Å². The van der Waals surface area contributed by atoms with Gasteiger partial charge in [-0.1, -0.05) is 50.2 Å². The maximum atomic E-state index is 12.9. The predicted molar refractivity (Wildman–Crippen MR) is 137 cm³/mol. The third-order valence-corrected chi connectivity index (χ3v) is 6.43. The van der Waals surface area contributed by atoms with Gasteiger partial charge >= 0.3 is 0 Å². The number of amides is 1. The van der Waals surface area contributed by atoms with Crippen LogP contribution in [-0.2, 0) is 19.5 Å². The highest BCUT2D eigenvalue weighted by atomic mass is 16.1. The summed E-state index contributed by atoms with van der Waals surface area (Å²) in [7, 11) is 0. The number of aromatic nitrogens is 2. The molecule has 1 N–H and O–H groups in total. The Hall–Kier alpha value is -3.86. The Labute approximate surface area is 201 Å². The maximum absolute atomic E-state index is 12.9. The molecule has 2 heterocycles. The van der Waals surface area contributed by atoms with Gasteiger partial charge < -0.3 is 14.8 Å². The van der Waals surface area contributed by atoms with Gasteiger partial charge in [-0.25, -0.2) is 4.98 Å². The topological polar surface area (TPSA) is 50.2 Å². The van der Waals surface area contributed by atoms with Crippen molar-refractivity contribution < 1.29 is 4.79 Å². The number of rotatable bonds is 6. The van der Waals surface area contributed by atoms with Crippen LogP contribution in [0.5, 0.6) is 0 Å². The maximum Gasteiger partial charge on any atom is 0.255 e. The third kappa shape index (κ3) is 4.74. The fraction of sp³-hybridized carbons (Fsp3) is 0.241. The monoisotopic (exact) mass is 450 g/mol. The van der Waals surface area contributed by atoms with Gasteiger partial charge in [0.05, 0.1) is 0 Å². The fourth-order valence-corrected chi connectivity index (χ4v) is 4.64. The van der Waals surface area contributed by atoms with Crippen molar-refractivity contribution in [1.29, 1.82) is 0 Å². The fourth-order valence-electron chi connectivity index (χ4n) is 4.64. The molecule has 0 saturated heterocycles. The summed E-state index contributed by atoms with van der Waals surface area (Å²) in [4.78, 5) is 19.7. The van der Waals surface area contributed by atoms with E-state index < -0.39 is 0 Å². The van der Waals surface area contributed by atoms with Gasteiger partial charge in [0.2, 0.25) is 0 Å². The summed E-state index contributed by atoms with van der Waals surface area (Å²) in [6.07, 6.45) is 4.89. The molecule has 3 aromatic carbocycles. The van der Waals surface area contributed by atoms with Crippen LogP contribution >= 0.6 is 0 Å². The van der Waals surface area contributed by atoms with Crippen molar-refractivity contribution >= 4 is 17.3 Å². The highest BCUT2D eigenvalue weighted by molar-refractivity contribution is 6.04. The molecule has 4 aromatic rings. The van der Waals surface area contributed by atoms with Gasteiger partial charge in [0.1, 0.15) is 5.82 Å². The molecule has 34 heavy (non-hydrogen) atoms.